The molecule has 0 atom stereocenters. The van der Waals surface area contributed by atoms with E-state index in [0.29, 0.717) is 22.3 Å². The van der Waals surface area contributed by atoms with E-state index in [9.17, 15) is 5.21 Å². The fraction of sp³-hybridized carbons (Fsp3) is 0.200. The molecule has 0 saturated carbocycles. The van der Waals surface area contributed by atoms with Crippen LogP contribution < -0.4 is 0 Å². The molecule has 0 unspecified atom stereocenters. The molecule has 7 nitrogen and oxygen atoms in total. The number of aromatic amines is 1. The van der Waals surface area contributed by atoms with E-state index in [1.807, 2.05) is 95.5 Å². The summed E-state index contributed by atoms with van der Waals surface area (Å²) in [6.45, 7) is 3.95. The molecule has 0 amide bonds. The molecule has 2 aliphatic heterocycles. The van der Waals surface area contributed by atoms with Crippen LogP contribution in [-0.4, -0.2) is 62.9 Å². The largest absolute Gasteiger partial charge is 0.428 e. The summed E-state index contributed by atoms with van der Waals surface area (Å²) in [5.74, 6) is 0. The van der Waals surface area contributed by atoms with Gasteiger partial charge in [0.05, 0.1) is 40.7 Å². The smallest absolute Gasteiger partial charge is 0.0914 e. The molecule has 0 spiro atoms. The van der Waals surface area contributed by atoms with Gasteiger partial charge in [-0.15, -0.1) is 0 Å². The Bertz CT molecular complexity index is 1720. The van der Waals surface area contributed by atoms with Crippen LogP contribution in [0.1, 0.15) is 49.1 Å². The van der Waals surface area contributed by atoms with E-state index in [-0.39, 0.29) is 6.04 Å². The van der Waals surface area contributed by atoms with Gasteiger partial charge in [0.15, 0.2) is 0 Å². The van der Waals surface area contributed by atoms with Crippen LogP contribution in [0.2, 0.25) is 0 Å². The third-order valence-corrected chi connectivity index (χ3v) is 6.41. The van der Waals surface area contributed by atoms with Crippen molar-refractivity contribution in [1.82, 2.24) is 29.5 Å². The molecule has 188 valence electrons. The maximum Gasteiger partial charge on any atom is 0.0914 e. The first-order chi connectivity index (χ1) is 18.2. The predicted octanol–water partition coefficient (Wildman–Crippen LogP) is 6.21. The van der Waals surface area contributed by atoms with E-state index in [2.05, 4.69) is 27.0 Å². The Morgan fingerprint density at radius 2 is 1.35 bits per heavy atom. The topological polar surface area (TPSA) is 73.2 Å². The van der Waals surface area contributed by atoms with Gasteiger partial charge in [0.2, 0.25) is 0 Å². The number of fused-ring (bicyclic) bond motifs is 8. The summed E-state index contributed by atoms with van der Waals surface area (Å²) in [7, 11) is 7.90. The predicted molar refractivity (Wildman–Crippen MR) is 154 cm³/mol. The fourth-order valence-electron chi connectivity index (χ4n) is 4.78. The fourth-order valence-corrected chi connectivity index (χ4v) is 4.78. The summed E-state index contributed by atoms with van der Waals surface area (Å²) in [5, 5.41) is 11.4. The van der Waals surface area contributed by atoms with Crippen LogP contribution in [0.5, 0.6) is 0 Å². The third-order valence-electron chi connectivity index (χ3n) is 6.41. The minimum atomic E-state index is 0.223. The Labute approximate surface area is 218 Å². The Morgan fingerprint density at radius 1 is 0.811 bits per heavy atom. The number of nitrogens with zero attached hydrogens (tertiary/aromatic N) is 5. The second kappa shape index (κ2) is 9.50. The van der Waals surface area contributed by atoms with Gasteiger partial charge in [-0.2, -0.15) is 4.73 Å². The van der Waals surface area contributed by atoms with E-state index in [0.717, 1.165) is 49.8 Å². The lowest BCUT2D eigenvalue weighted by Gasteiger charge is -2.16. The van der Waals surface area contributed by atoms with E-state index >= 15 is 0 Å². The average Bonchev–Trinajstić information content (AvgIpc) is 3.63. The summed E-state index contributed by atoms with van der Waals surface area (Å²) in [5.41, 5.74) is 9.15. The molecule has 3 aromatic rings. The molecule has 3 aromatic heterocycles. The zero-order valence-electron chi connectivity index (χ0n) is 23.0. The standard InChI is InChI=1S/C30H32N6O/c1-7-28(34(3)4)25-15-23-17-30-26(29(8-2)35(5)6)18-24(36(30)37)14-21-11-9-19(31-21)13-20-10-12-22(32-20)16-27(25)33-23/h7-18,33,37H,1-6H3/i18D. The summed E-state index contributed by atoms with van der Waals surface area (Å²) >= 11 is 0. The Balaban J connectivity index is 1.98. The van der Waals surface area contributed by atoms with Gasteiger partial charge in [-0.05, 0) is 74.5 Å². The Hall–Kier alpha value is -4.52. The molecule has 0 aromatic carbocycles. The van der Waals surface area contributed by atoms with Gasteiger partial charge < -0.3 is 20.0 Å². The maximum absolute atomic E-state index is 11.4. The second-order valence-electron chi connectivity index (χ2n) is 9.44. The molecular formula is C30H32N6O. The van der Waals surface area contributed by atoms with Crippen molar-refractivity contribution < 1.29 is 6.58 Å². The summed E-state index contributed by atoms with van der Waals surface area (Å²) in [6.07, 6.45) is 11.8. The lowest BCUT2D eigenvalue weighted by atomic mass is 10.1. The van der Waals surface area contributed by atoms with E-state index in [1.165, 1.54) is 0 Å². The minimum Gasteiger partial charge on any atom is -0.428 e. The molecule has 0 saturated heterocycles. The van der Waals surface area contributed by atoms with Gasteiger partial charge in [-0.3, -0.25) is 0 Å². The number of aromatic nitrogens is 4. The molecule has 37 heavy (non-hydrogen) atoms. The van der Waals surface area contributed by atoms with Gasteiger partial charge in [0, 0.05) is 56.2 Å². The average molecular weight is 494 g/mol. The van der Waals surface area contributed by atoms with Crippen LogP contribution >= 0.6 is 0 Å². The van der Waals surface area contributed by atoms with Crippen LogP contribution in [0.25, 0.3) is 57.8 Å². The summed E-state index contributed by atoms with van der Waals surface area (Å²) in [4.78, 5) is 17.0. The molecule has 7 heteroatoms. The SMILES string of the molecule is [2H]c1c(C(=CC)N(C)C)c2cc3cc(C(=CC)N(C)C)c(cc4nc(cc5nc(cc1n2O)C=C5)C=C4)[nH]3. The first-order valence-corrected chi connectivity index (χ1v) is 12.2. The van der Waals surface area contributed by atoms with Gasteiger partial charge in [0.1, 0.15) is 0 Å². The molecule has 0 aliphatic carbocycles. The molecule has 8 bridgehead atoms. The summed E-state index contributed by atoms with van der Waals surface area (Å²) < 4.78 is 10.1. The maximum atomic E-state index is 11.4. The van der Waals surface area contributed by atoms with Crippen LogP contribution in [-0.2, 0) is 0 Å². The highest BCUT2D eigenvalue weighted by Crippen LogP contribution is 2.29. The molecule has 0 fully saturated rings. The van der Waals surface area contributed by atoms with E-state index < -0.39 is 0 Å². The van der Waals surface area contributed by atoms with E-state index in [4.69, 9.17) is 6.35 Å². The zero-order chi connectivity index (χ0) is 27.1. The van der Waals surface area contributed by atoms with Crippen molar-refractivity contribution in [2.24, 2.45) is 0 Å². The molecular weight excluding hydrogens is 460 g/mol. The van der Waals surface area contributed by atoms with Crippen molar-refractivity contribution in [3.05, 3.63) is 82.4 Å². The molecule has 5 rings (SSSR count). The minimum absolute atomic E-state index is 0.223. The molecule has 5 heterocycles. The van der Waals surface area contributed by atoms with Gasteiger partial charge in [0.25, 0.3) is 0 Å². The number of hydrogen-bond acceptors (Lipinski definition) is 5. The van der Waals surface area contributed by atoms with Gasteiger partial charge in [-0.25, -0.2) is 9.97 Å². The van der Waals surface area contributed by atoms with E-state index in [1.54, 1.807) is 6.07 Å². The first kappa shape index (κ1) is 22.9. The Morgan fingerprint density at radius 3 is 1.92 bits per heavy atom. The monoisotopic (exact) mass is 493 g/mol. The number of hydrogen-bond donors (Lipinski definition) is 2. The second-order valence-corrected chi connectivity index (χ2v) is 9.44. The van der Waals surface area contributed by atoms with Crippen molar-refractivity contribution in [3.63, 3.8) is 0 Å². The number of H-pyrrole nitrogens is 1. The molecule has 2 aliphatic rings. The molecule has 0 radical (unpaired) electrons. The lowest BCUT2D eigenvalue weighted by molar-refractivity contribution is 0.212. The first-order valence-electron chi connectivity index (χ1n) is 12.7. The van der Waals surface area contributed by atoms with Crippen LogP contribution in [0.3, 0.4) is 0 Å². The van der Waals surface area contributed by atoms with Gasteiger partial charge in [-0.1, -0.05) is 12.2 Å². The summed E-state index contributed by atoms with van der Waals surface area (Å²) in [6, 6.07) is 9.86. The highest BCUT2D eigenvalue weighted by Gasteiger charge is 2.15. The van der Waals surface area contributed by atoms with Crippen molar-refractivity contribution in [1.29, 1.82) is 0 Å². The highest BCUT2D eigenvalue weighted by molar-refractivity contribution is 5.88. The van der Waals surface area contributed by atoms with Crippen molar-refractivity contribution >= 4 is 57.8 Å². The lowest BCUT2D eigenvalue weighted by Crippen LogP contribution is -2.09. The number of rotatable bonds is 4. The van der Waals surface area contributed by atoms with Crippen molar-refractivity contribution in [3.8, 4) is 0 Å². The normalized spacial score (nSPS) is 13.7. The van der Waals surface area contributed by atoms with Crippen molar-refractivity contribution in [2.75, 3.05) is 28.2 Å². The van der Waals surface area contributed by atoms with Crippen LogP contribution in [0.4, 0.5) is 0 Å². The quantitative estimate of drug-likeness (QED) is 0.291. The molecule has 2 N–H and O–H groups in total. The zero-order valence-corrected chi connectivity index (χ0v) is 22.0. The Kier molecular flexibility index (Phi) is 5.88. The van der Waals surface area contributed by atoms with Crippen LogP contribution in [0, 0.1) is 0 Å². The van der Waals surface area contributed by atoms with Crippen molar-refractivity contribution in [2.45, 2.75) is 13.8 Å². The number of allylic oxidation sites excluding steroid dienone is 2. The third kappa shape index (κ3) is 4.56. The number of nitrogens with one attached hydrogen (secondary N) is 1. The highest BCUT2D eigenvalue weighted by atomic mass is 16.5. The van der Waals surface area contributed by atoms with Gasteiger partial charge >= 0.3 is 0 Å². The van der Waals surface area contributed by atoms with Crippen LogP contribution in [0.15, 0.2) is 48.5 Å².